The number of hydrogen-bond acceptors (Lipinski definition) is 3. The van der Waals surface area contributed by atoms with Crippen molar-refractivity contribution in [1.82, 2.24) is 4.90 Å². The third-order valence-corrected chi connectivity index (χ3v) is 3.82. The summed E-state index contributed by atoms with van der Waals surface area (Å²) in [6.45, 7) is 5.73. The van der Waals surface area contributed by atoms with Crippen molar-refractivity contribution in [2.45, 2.75) is 18.7 Å². The van der Waals surface area contributed by atoms with Crippen molar-refractivity contribution in [3.8, 4) is 0 Å². The van der Waals surface area contributed by atoms with Crippen LogP contribution in [-0.2, 0) is 6.54 Å². The largest absolute Gasteiger partial charge is 0.399 e. The van der Waals surface area contributed by atoms with Crippen LogP contribution in [0.2, 0.25) is 0 Å². The predicted molar refractivity (Wildman–Crippen MR) is 75.3 cm³/mol. The van der Waals surface area contributed by atoms with Crippen LogP contribution in [0, 0.1) is 0 Å². The van der Waals surface area contributed by atoms with Gasteiger partial charge in [0.05, 0.1) is 0 Å². The van der Waals surface area contributed by atoms with Gasteiger partial charge in [0.1, 0.15) is 0 Å². The van der Waals surface area contributed by atoms with Crippen molar-refractivity contribution in [1.29, 1.82) is 0 Å². The predicted octanol–water partition coefficient (Wildman–Crippen LogP) is 2.63. The number of thioether (sulfide) groups is 1. The minimum absolute atomic E-state index is 0. The average Bonchev–Trinajstić information content (AvgIpc) is 2.17. The highest BCUT2D eigenvalue weighted by atomic mass is 35.5. The molecule has 90 valence electrons. The van der Waals surface area contributed by atoms with Crippen LogP contribution in [0.3, 0.4) is 0 Å². The Morgan fingerprint density at radius 2 is 2.31 bits per heavy atom. The molecule has 1 fully saturated rings. The van der Waals surface area contributed by atoms with E-state index >= 15 is 0 Å². The van der Waals surface area contributed by atoms with Gasteiger partial charge in [-0.1, -0.05) is 19.1 Å². The van der Waals surface area contributed by atoms with Crippen LogP contribution >= 0.6 is 24.2 Å². The molecule has 16 heavy (non-hydrogen) atoms. The van der Waals surface area contributed by atoms with Gasteiger partial charge in [-0.15, -0.1) is 12.4 Å². The number of nitrogen functional groups attached to an aromatic ring is 1. The molecule has 1 aliphatic heterocycles. The smallest absolute Gasteiger partial charge is 0.0317 e. The molecule has 0 radical (unpaired) electrons. The first-order chi connectivity index (χ1) is 7.24. The van der Waals surface area contributed by atoms with Crippen LogP contribution in [-0.4, -0.2) is 29.0 Å². The van der Waals surface area contributed by atoms with E-state index in [0.717, 1.165) is 17.5 Å². The summed E-state index contributed by atoms with van der Waals surface area (Å²) in [7, 11) is 0. The Kier molecular flexibility index (Phi) is 5.46. The molecule has 0 aliphatic carbocycles. The summed E-state index contributed by atoms with van der Waals surface area (Å²) in [5.74, 6) is 1.25. The van der Waals surface area contributed by atoms with Gasteiger partial charge in [-0.3, -0.25) is 4.90 Å². The van der Waals surface area contributed by atoms with E-state index in [1.165, 1.54) is 24.4 Å². The van der Waals surface area contributed by atoms with E-state index in [9.17, 15) is 0 Å². The van der Waals surface area contributed by atoms with E-state index in [0.29, 0.717) is 0 Å². The monoisotopic (exact) mass is 258 g/mol. The van der Waals surface area contributed by atoms with E-state index in [1.807, 2.05) is 12.1 Å². The molecule has 1 aliphatic rings. The molecule has 0 spiro atoms. The molecular formula is C12H19ClN2S. The quantitative estimate of drug-likeness (QED) is 0.827. The first-order valence-electron chi connectivity index (χ1n) is 5.42. The highest BCUT2D eigenvalue weighted by Crippen LogP contribution is 2.19. The molecule has 0 bridgehead atoms. The molecule has 1 heterocycles. The van der Waals surface area contributed by atoms with E-state index in [2.05, 4.69) is 35.7 Å². The zero-order valence-corrected chi connectivity index (χ0v) is 11.2. The maximum Gasteiger partial charge on any atom is 0.0317 e. The Morgan fingerprint density at radius 1 is 1.50 bits per heavy atom. The number of rotatable bonds is 2. The van der Waals surface area contributed by atoms with E-state index in [-0.39, 0.29) is 12.4 Å². The molecular weight excluding hydrogens is 240 g/mol. The fourth-order valence-electron chi connectivity index (χ4n) is 1.98. The minimum Gasteiger partial charge on any atom is -0.399 e. The molecule has 1 aromatic rings. The lowest BCUT2D eigenvalue weighted by Crippen LogP contribution is -2.35. The lowest BCUT2D eigenvalue weighted by atomic mass is 10.2. The molecule has 0 saturated carbocycles. The van der Waals surface area contributed by atoms with Crippen LogP contribution in [0.15, 0.2) is 24.3 Å². The van der Waals surface area contributed by atoms with E-state index in [4.69, 9.17) is 5.73 Å². The van der Waals surface area contributed by atoms with Gasteiger partial charge in [0.2, 0.25) is 0 Å². The maximum absolute atomic E-state index is 5.77. The van der Waals surface area contributed by atoms with Crippen molar-refractivity contribution in [3.63, 3.8) is 0 Å². The molecule has 2 nitrogen and oxygen atoms in total. The summed E-state index contributed by atoms with van der Waals surface area (Å²) in [4.78, 5) is 2.51. The third kappa shape index (κ3) is 3.89. The number of anilines is 1. The van der Waals surface area contributed by atoms with Crippen molar-refractivity contribution in [2.75, 3.05) is 24.6 Å². The van der Waals surface area contributed by atoms with Crippen molar-refractivity contribution in [3.05, 3.63) is 29.8 Å². The summed E-state index contributed by atoms with van der Waals surface area (Å²) >= 11 is 2.07. The Balaban J connectivity index is 0.00000128. The van der Waals surface area contributed by atoms with Gasteiger partial charge in [0.25, 0.3) is 0 Å². The van der Waals surface area contributed by atoms with Gasteiger partial charge in [0, 0.05) is 36.3 Å². The molecule has 0 aromatic heterocycles. The van der Waals surface area contributed by atoms with Gasteiger partial charge in [0.15, 0.2) is 0 Å². The maximum atomic E-state index is 5.77. The lowest BCUT2D eigenvalue weighted by molar-refractivity contribution is 0.278. The second-order valence-corrected chi connectivity index (χ2v) is 5.71. The van der Waals surface area contributed by atoms with Crippen LogP contribution in [0.25, 0.3) is 0 Å². The summed E-state index contributed by atoms with van der Waals surface area (Å²) in [6, 6.07) is 8.21. The van der Waals surface area contributed by atoms with Gasteiger partial charge < -0.3 is 5.73 Å². The normalized spacial score (nSPS) is 21.4. The van der Waals surface area contributed by atoms with Crippen molar-refractivity contribution in [2.24, 2.45) is 0 Å². The van der Waals surface area contributed by atoms with Gasteiger partial charge in [-0.2, -0.15) is 11.8 Å². The summed E-state index contributed by atoms with van der Waals surface area (Å²) in [5.41, 5.74) is 7.96. The van der Waals surface area contributed by atoms with Crippen molar-refractivity contribution < 1.29 is 0 Å². The number of nitrogens with two attached hydrogens (primary N) is 1. The molecule has 2 rings (SSSR count). The molecule has 1 atom stereocenters. The molecule has 4 heteroatoms. The van der Waals surface area contributed by atoms with Crippen LogP contribution in [0.1, 0.15) is 12.5 Å². The molecule has 1 saturated heterocycles. The lowest BCUT2D eigenvalue weighted by Gasteiger charge is -2.30. The highest BCUT2D eigenvalue weighted by molar-refractivity contribution is 7.99. The molecule has 2 N–H and O–H groups in total. The average molecular weight is 259 g/mol. The van der Waals surface area contributed by atoms with Gasteiger partial charge >= 0.3 is 0 Å². The second-order valence-electron chi connectivity index (χ2n) is 4.16. The van der Waals surface area contributed by atoms with E-state index in [1.54, 1.807) is 0 Å². The Hall–Kier alpha value is -0.380. The SMILES string of the molecule is CC1CN(Cc2cccc(N)c2)CCS1.Cl. The number of nitrogens with zero attached hydrogens (tertiary/aromatic N) is 1. The number of halogens is 1. The van der Waals surface area contributed by atoms with E-state index < -0.39 is 0 Å². The topological polar surface area (TPSA) is 29.3 Å². The summed E-state index contributed by atoms with van der Waals surface area (Å²) in [5, 5.41) is 0.764. The molecule has 0 amide bonds. The van der Waals surface area contributed by atoms with Crippen LogP contribution in [0.4, 0.5) is 5.69 Å². The Bertz CT molecular complexity index is 333. The Morgan fingerprint density at radius 3 is 3.00 bits per heavy atom. The third-order valence-electron chi connectivity index (χ3n) is 2.68. The Labute approximate surface area is 108 Å². The van der Waals surface area contributed by atoms with Crippen LogP contribution < -0.4 is 5.73 Å². The zero-order valence-electron chi connectivity index (χ0n) is 9.56. The molecule has 1 unspecified atom stereocenters. The van der Waals surface area contributed by atoms with Gasteiger partial charge in [-0.25, -0.2) is 0 Å². The zero-order chi connectivity index (χ0) is 10.7. The minimum atomic E-state index is 0. The first-order valence-corrected chi connectivity index (χ1v) is 6.47. The standard InChI is InChI=1S/C12H18N2S.ClH/c1-10-8-14(5-6-15-10)9-11-3-2-4-12(13)7-11;/h2-4,7,10H,5-6,8-9,13H2,1H3;1H. The van der Waals surface area contributed by atoms with Gasteiger partial charge in [-0.05, 0) is 17.7 Å². The molecule has 1 aromatic carbocycles. The van der Waals surface area contributed by atoms with Crippen LogP contribution in [0.5, 0.6) is 0 Å². The number of benzene rings is 1. The highest BCUT2D eigenvalue weighted by Gasteiger charge is 2.16. The fraction of sp³-hybridized carbons (Fsp3) is 0.500. The fourth-order valence-corrected chi connectivity index (χ4v) is 3.07. The number of hydrogen-bond donors (Lipinski definition) is 1. The first kappa shape index (κ1) is 13.7. The summed E-state index contributed by atoms with van der Waals surface area (Å²) in [6.07, 6.45) is 0. The summed E-state index contributed by atoms with van der Waals surface area (Å²) < 4.78 is 0. The van der Waals surface area contributed by atoms with Crippen molar-refractivity contribution >= 4 is 29.9 Å². The second kappa shape index (κ2) is 6.38.